The largest absolute Gasteiger partial charge is 0.342 e. The fourth-order valence-corrected chi connectivity index (χ4v) is 4.90. The first-order valence-corrected chi connectivity index (χ1v) is 10.4. The molecular formula is C18H24N4OS2. The molecule has 1 aromatic heterocycles. The first kappa shape index (κ1) is 18.2. The highest BCUT2D eigenvalue weighted by molar-refractivity contribution is 8.02. The van der Waals surface area contributed by atoms with Crippen molar-refractivity contribution in [3.05, 3.63) is 29.8 Å². The molecule has 1 aliphatic rings. The quantitative estimate of drug-likeness (QED) is 0.780. The van der Waals surface area contributed by atoms with Gasteiger partial charge in [-0.3, -0.25) is 4.79 Å². The number of hydrogen-bond acceptors (Lipinski definition) is 6. The number of amides is 1. The van der Waals surface area contributed by atoms with Crippen LogP contribution in [0, 0.1) is 6.92 Å². The minimum atomic E-state index is -0.127. The summed E-state index contributed by atoms with van der Waals surface area (Å²) in [6.07, 6.45) is 4.70. The van der Waals surface area contributed by atoms with Gasteiger partial charge in [0, 0.05) is 18.8 Å². The van der Waals surface area contributed by atoms with E-state index in [1.165, 1.54) is 41.5 Å². The maximum atomic E-state index is 12.6. The minimum Gasteiger partial charge on any atom is -0.342 e. The van der Waals surface area contributed by atoms with E-state index in [-0.39, 0.29) is 11.2 Å². The molecule has 1 aliphatic heterocycles. The molecule has 3 rings (SSSR count). The molecule has 1 unspecified atom stereocenters. The first-order valence-electron chi connectivity index (χ1n) is 8.74. The number of nitrogens with one attached hydrogen (secondary N) is 1. The fraction of sp³-hybridized carbons (Fsp3) is 0.500. The van der Waals surface area contributed by atoms with Gasteiger partial charge in [-0.05, 0) is 44.4 Å². The van der Waals surface area contributed by atoms with Gasteiger partial charge in [-0.25, -0.2) is 0 Å². The highest BCUT2D eigenvalue weighted by Gasteiger charge is 2.23. The third-order valence-corrected chi connectivity index (χ3v) is 6.23. The Kier molecular flexibility index (Phi) is 6.31. The van der Waals surface area contributed by atoms with Crippen LogP contribution in [0.2, 0.25) is 0 Å². The molecule has 1 N–H and O–H groups in total. The van der Waals surface area contributed by atoms with Crippen LogP contribution in [0.4, 0.5) is 10.8 Å². The van der Waals surface area contributed by atoms with Crippen LogP contribution in [-0.2, 0) is 4.79 Å². The van der Waals surface area contributed by atoms with Gasteiger partial charge in [0.25, 0.3) is 0 Å². The summed E-state index contributed by atoms with van der Waals surface area (Å²) in [5, 5.41) is 12.3. The average molecular weight is 377 g/mol. The van der Waals surface area contributed by atoms with Crippen molar-refractivity contribution in [2.45, 2.75) is 49.1 Å². The standard InChI is InChI=1S/C18H24N4OS2/c1-13-8-7-9-15(12-13)19-17-20-21-18(25-17)24-14(2)16(23)22-10-5-3-4-6-11-22/h7-9,12,14H,3-6,10-11H2,1-2H3,(H,19,20). The molecule has 1 atom stereocenters. The molecule has 7 heteroatoms. The van der Waals surface area contributed by atoms with Gasteiger partial charge in [0.1, 0.15) is 0 Å². The number of aryl methyl sites for hydroxylation is 1. The maximum absolute atomic E-state index is 12.6. The van der Waals surface area contributed by atoms with E-state index in [0.717, 1.165) is 41.1 Å². The Labute approximate surface area is 157 Å². The zero-order chi connectivity index (χ0) is 17.6. The zero-order valence-electron chi connectivity index (χ0n) is 14.7. The van der Waals surface area contributed by atoms with E-state index in [1.54, 1.807) is 0 Å². The number of aromatic nitrogens is 2. The van der Waals surface area contributed by atoms with Gasteiger partial charge in [-0.2, -0.15) is 0 Å². The summed E-state index contributed by atoms with van der Waals surface area (Å²) in [7, 11) is 0. The van der Waals surface area contributed by atoms with Gasteiger partial charge < -0.3 is 10.2 Å². The monoisotopic (exact) mass is 376 g/mol. The van der Waals surface area contributed by atoms with Crippen LogP contribution >= 0.6 is 23.1 Å². The van der Waals surface area contributed by atoms with Gasteiger partial charge >= 0.3 is 0 Å². The highest BCUT2D eigenvalue weighted by atomic mass is 32.2. The Morgan fingerprint density at radius 2 is 2.00 bits per heavy atom. The van der Waals surface area contributed by atoms with E-state index in [1.807, 2.05) is 24.0 Å². The van der Waals surface area contributed by atoms with Gasteiger partial charge in [0.05, 0.1) is 5.25 Å². The van der Waals surface area contributed by atoms with Crippen molar-refractivity contribution >= 4 is 39.8 Å². The number of likely N-dealkylation sites (tertiary alicyclic amines) is 1. The van der Waals surface area contributed by atoms with Crippen molar-refractivity contribution in [1.82, 2.24) is 15.1 Å². The summed E-state index contributed by atoms with van der Waals surface area (Å²) in [4.78, 5) is 14.6. The molecule has 2 heterocycles. The number of benzene rings is 1. The Morgan fingerprint density at radius 3 is 2.72 bits per heavy atom. The Bertz CT molecular complexity index is 711. The summed E-state index contributed by atoms with van der Waals surface area (Å²) < 4.78 is 0.825. The van der Waals surface area contributed by atoms with E-state index in [2.05, 4.69) is 34.6 Å². The van der Waals surface area contributed by atoms with Crippen LogP contribution in [-0.4, -0.2) is 39.3 Å². The molecule has 1 aromatic carbocycles. The molecule has 0 saturated carbocycles. The molecule has 0 bridgehead atoms. The SMILES string of the molecule is Cc1cccc(Nc2nnc(SC(C)C(=O)N3CCCCCC3)s2)c1. The molecule has 5 nitrogen and oxygen atoms in total. The Hall–Kier alpha value is -1.60. The Morgan fingerprint density at radius 1 is 1.24 bits per heavy atom. The topological polar surface area (TPSA) is 58.1 Å². The number of carbonyl (C=O) groups excluding carboxylic acids is 1. The van der Waals surface area contributed by atoms with Crippen LogP contribution in [0.1, 0.15) is 38.2 Å². The van der Waals surface area contributed by atoms with Gasteiger partial charge in [-0.1, -0.05) is 48.1 Å². The lowest BCUT2D eigenvalue weighted by atomic mass is 10.2. The second kappa shape index (κ2) is 8.67. The number of rotatable bonds is 5. The van der Waals surface area contributed by atoms with Crippen molar-refractivity contribution in [2.24, 2.45) is 0 Å². The fourth-order valence-electron chi connectivity index (χ4n) is 2.90. The average Bonchev–Trinajstić information content (AvgIpc) is 2.85. The Balaban J connectivity index is 1.57. The predicted octanol–water partition coefficient (Wildman–Crippen LogP) is 4.47. The second-order valence-corrected chi connectivity index (χ2v) is 8.93. The van der Waals surface area contributed by atoms with Crippen LogP contribution < -0.4 is 5.32 Å². The van der Waals surface area contributed by atoms with E-state index >= 15 is 0 Å². The summed E-state index contributed by atoms with van der Waals surface area (Å²) in [5.41, 5.74) is 2.20. The summed E-state index contributed by atoms with van der Waals surface area (Å²) >= 11 is 2.99. The van der Waals surface area contributed by atoms with Crippen molar-refractivity contribution in [3.63, 3.8) is 0 Å². The van der Waals surface area contributed by atoms with E-state index in [4.69, 9.17) is 0 Å². The van der Waals surface area contributed by atoms with Crippen molar-refractivity contribution in [1.29, 1.82) is 0 Å². The smallest absolute Gasteiger partial charge is 0.235 e. The molecular weight excluding hydrogens is 352 g/mol. The molecule has 134 valence electrons. The summed E-state index contributed by atoms with van der Waals surface area (Å²) in [6.45, 7) is 5.80. The zero-order valence-corrected chi connectivity index (χ0v) is 16.3. The van der Waals surface area contributed by atoms with Gasteiger partial charge in [-0.15, -0.1) is 10.2 Å². The van der Waals surface area contributed by atoms with Gasteiger partial charge in [0.15, 0.2) is 4.34 Å². The van der Waals surface area contributed by atoms with Crippen molar-refractivity contribution in [3.8, 4) is 0 Å². The second-order valence-electron chi connectivity index (χ2n) is 6.37. The lowest BCUT2D eigenvalue weighted by molar-refractivity contribution is -0.130. The van der Waals surface area contributed by atoms with Crippen LogP contribution in [0.5, 0.6) is 0 Å². The molecule has 1 fully saturated rings. The predicted molar refractivity (Wildman–Crippen MR) is 105 cm³/mol. The van der Waals surface area contributed by atoms with Crippen LogP contribution in [0.15, 0.2) is 28.6 Å². The van der Waals surface area contributed by atoms with E-state index in [9.17, 15) is 4.79 Å². The molecule has 0 spiro atoms. The number of thioether (sulfide) groups is 1. The van der Waals surface area contributed by atoms with Crippen LogP contribution in [0.25, 0.3) is 0 Å². The number of nitrogens with zero attached hydrogens (tertiary/aromatic N) is 3. The normalized spacial score (nSPS) is 16.3. The van der Waals surface area contributed by atoms with Crippen LogP contribution in [0.3, 0.4) is 0 Å². The molecule has 1 saturated heterocycles. The lowest BCUT2D eigenvalue weighted by Crippen LogP contribution is -2.37. The molecule has 0 aliphatic carbocycles. The summed E-state index contributed by atoms with van der Waals surface area (Å²) in [6, 6.07) is 8.14. The third kappa shape index (κ3) is 5.19. The van der Waals surface area contributed by atoms with Crippen molar-refractivity contribution < 1.29 is 4.79 Å². The number of hydrogen-bond donors (Lipinski definition) is 1. The molecule has 2 aromatic rings. The van der Waals surface area contributed by atoms with Gasteiger partial charge in [0.2, 0.25) is 11.0 Å². The first-order chi connectivity index (χ1) is 12.1. The highest BCUT2D eigenvalue weighted by Crippen LogP contribution is 2.31. The molecule has 0 radical (unpaired) electrons. The number of anilines is 2. The lowest BCUT2D eigenvalue weighted by Gasteiger charge is -2.23. The maximum Gasteiger partial charge on any atom is 0.235 e. The molecule has 1 amide bonds. The minimum absolute atomic E-state index is 0.127. The summed E-state index contributed by atoms with van der Waals surface area (Å²) in [5.74, 6) is 0.218. The molecule has 25 heavy (non-hydrogen) atoms. The number of carbonyl (C=O) groups is 1. The van der Waals surface area contributed by atoms with E-state index in [0.29, 0.717) is 0 Å². The van der Waals surface area contributed by atoms with E-state index < -0.39 is 0 Å². The third-order valence-electron chi connectivity index (χ3n) is 4.22. The van der Waals surface area contributed by atoms with Crippen molar-refractivity contribution in [2.75, 3.05) is 18.4 Å².